The number of nitrogens with zero attached hydrogens (tertiary/aromatic N) is 1. The van der Waals surface area contributed by atoms with Crippen LogP contribution in [0.3, 0.4) is 0 Å². The molecule has 1 N–H and O–H groups in total. The van der Waals surface area contributed by atoms with Crippen molar-refractivity contribution in [3.63, 3.8) is 0 Å². The number of nitrogens with one attached hydrogen (secondary N) is 1. The van der Waals surface area contributed by atoms with Gasteiger partial charge in [0.15, 0.2) is 0 Å². The molecule has 1 amide bonds. The van der Waals surface area contributed by atoms with Crippen LogP contribution in [0, 0.1) is 0 Å². The molecule has 4 nitrogen and oxygen atoms in total. The van der Waals surface area contributed by atoms with E-state index in [1.807, 2.05) is 0 Å². The summed E-state index contributed by atoms with van der Waals surface area (Å²) < 4.78 is 4.56. The number of amides is 1. The number of hydrogen-bond acceptors (Lipinski definition) is 4. The van der Waals surface area contributed by atoms with Crippen LogP contribution in [0.1, 0.15) is 0 Å². The maximum Gasteiger partial charge on any atom is 0.409 e. The Morgan fingerprint density at radius 1 is 2.00 bits per heavy atom. The molecule has 1 fully saturated rings. The molecule has 5 heteroatoms. The molecule has 0 bridgehead atoms. The fraction of sp³-hybridized carbons (Fsp3) is 0.500. The molecule has 0 radical (unpaired) electrons. The van der Waals surface area contributed by atoms with E-state index in [9.17, 15) is 4.79 Å². The Labute approximate surface area is 56.9 Å². The minimum absolute atomic E-state index is 0.391. The molecule has 1 aliphatic heterocycles. The maximum atomic E-state index is 10.3. The number of isothiocyanates is 1. The van der Waals surface area contributed by atoms with Gasteiger partial charge in [-0.15, -0.1) is 0 Å². The van der Waals surface area contributed by atoms with Gasteiger partial charge in [0.25, 0.3) is 0 Å². The zero-order valence-corrected chi connectivity index (χ0v) is 5.27. The van der Waals surface area contributed by atoms with Gasteiger partial charge in [0.1, 0.15) is 0 Å². The summed E-state index contributed by atoms with van der Waals surface area (Å²) in [7, 11) is 0. The van der Waals surface area contributed by atoms with Crippen molar-refractivity contribution >= 4 is 23.5 Å². The molecule has 1 saturated heterocycles. The molecule has 0 aliphatic carbocycles. The highest BCUT2D eigenvalue weighted by atomic mass is 32.1. The second-order valence-electron chi connectivity index (χ2n) is 1.46. The van der Waals surface area contributed by atoms with E-state index < -0.39 is 12.3 Å². The lowest BCUT2D eigenvalue weighted by molar-refractivity contribution is 0.145. The molecule has 0 aromatic heterocycles. The number of rotatable bonds is 1. The standard InChI is InChI=1S/C4H4N2O2S/c7-4-5-1-3(8-4)6-2-9/h3H,1H2,(H,5,7). The van der Waals surface area contributed by atoms with Gasteiger partial charge in [-0.3, -0.25) is 0 Å². The van der Waals surface area contributed by atoms with Crippen molar-refractivity contribution in [3.05, 3.63) is 0 Å². The Balaban J connectivity index is 2.48. The lowest BCUT2D eigenvalue weighted by Crippen LogP contribution is -2.13. The molecule has 0 spiro atoms. The SMILES string of the molecule is O=C1NCC(N=C=S)O1. The first kappa shape index (κ1) is 6.19. The van der Waals surface area contributed by atoms with Crippen LogP contribution in [0.4, 0.5) is 4.79 Å². The van der Waals surface area contributed by atoms with E-state index in [0.29, 0.717) is 6.54 Å². The van der Waals surface area contributed by atoms with E-state index >= 15 is 0 Å². The molecule has 9 heavy (non-hydrogen) atoms. The molecule has 1 aliphatic rings. The average molecular weight is 144 g/mol. The maximum absolute atomic E-state index is 10.3. The monoisotopic (exact) mass is 144 g/mol. The minimum Gasteiger partial charge on any atom is -0.421 e. The number of carbonyl (C=O) groups is 1. The van der Waals surface area contributed by atoms with Gasteiger partial charge in [0, 0.05) is 0 Å². The number of cyclic esters (lactones) is 1. The molecule has 48 valence electrons. The average Bonchev–Trinajstić information content (AvgIpc) is 2.17. The van der Waals surface area contributed by atoms with E-state index in [1.54, 1.807) is 0 Å². The van der Waals surface area contributed by atoms with Crippen LogP contribution in [0.2, 0.25) is 0 Å². The van der Waals surface area contributed by atoms with Gasteiger partial charge in [0.05, 0.1) is 11.7 Å². The Morgan fingerprint density at radius 2 is 2.78 bits per heavy atom. The molecule has 0 saturated carbocycles. The minimum atomic E-state index is -0.463. The first-order chi connectivity index (χ1) is 4.33. The number of hydrogen-bond donors (Lipinski definition) is 1. The summed E-state index contributed by atoms with van der Waals surface area (Å²) in [5.41, 5.74) is 0. The summed E-state index contributed by atoms with van der Waals surface area (Å²) in [5, 5.41) is 4.53. The summed E-state index contributed by atoms with van der Waals surface area (Å²) in [4.78, 5) is 13.8. The predicted octanol–water partition coefficient (Wildman–Crippen LogP) is 0.155. The van der Waals surface area contributed by atoms with Crippen molar-refractivity contribution in [2.75, 3.05) is 6.54 Å². The molecule has 1 atom stereocenters. The van der Waals surface area contributed by atoms with Gasteiger partial charge >= 0.3 is 6.09 Å². The lowest BCUT2D eigenvalue weighted by atomic mass is 10.6. The van der Waals surface area contributed by atoms with Gasteiger partial charge in [-0.05, 0) is 12.2 Å². The normalized spacial score (nSPS) is 24.0. The number of ether oxygens (including phenoxy) is 1. The van der Waals surface area contributed by atoms with Crippen molar-refractivity contribution < 1.29 is 9.53 Å². The van der Waals surface area contributed by atoms with Gasteiger partial charge < -0.3 is 10.1 Å². The molecular formula is C4H4N2O2S. The van der Waals surface area contributed by atoms with E-state index in [1.165, 1.54) is 0 Å². The third-order valence-corrected chi connectivity index (χ3v) is 0.966. The second-order valence-corrected chi connectivity index (χ2v) is 1.64. The van der Waals surface area contributed by atoms with Gasteiger partial charge in [0.2, 0.25) is 6.23 Å². The topological polar surface area (TPSA) is 50.7 Å². The van der Waals surface area contributed by atoms with Gasteiger partial charge in [-0.2, -0.15) is 4.99 Å². The van der Waals surface area contributed by atoms with Crippen molar-refractivity contribution in [1.82, 2.24) is 5.32 Å². The van der Waals surface area contributed by atoms with Crippen molar-refractivity contribution in [3.8, 4) is 0 Å². The summed E-state index contributed by atoms with van der Waals surface area (Å²) in [6, 6.07) is 0. The van der Waals surface area contributed by atoms with Gasteiger partial charge in [-0.1, -0.05) is 0 Å². The Kier molecular flexibility index (Phi) is 1.77. The predicted molar refractivity (Wildman–Crippen MR) is 33.3 cm³/mol. The first-order valence-corrected chi connectivity index (χ1v) is 2.75. The third kappa shape index (κ3) is 1.48. The molecule has 1 rings (SSSR count). The summed E-state index contributed by atoms with van der Waals surface area (Å²) >= 11 is 4.29. The molecule has 1 unspecified atom stereocenters. The zero-order chi connectivity index (χ0) is 6.69. The summed E-state index contributed by atoms with van der Waals surface area (Å²) in [5.74, 6) is 0. The Morgan fingerprint density at radius 3 is 3.22 bits per heavy atom. The van der Waals surface area contributed by atoms with Crippen LogP contribution in [-0.4, -0.2) is 24.0 Å². The molecule has 0 aromatic carbocycles. The molecular weight excluding hydrogens is 140 g/mol. The van der Waals surface area contributed by atoms with Crippen molar-refractivity contribution in [2.24, 2.45) is 4.99 Å². The van der Waals surface area contributed by atoms with Crippen molar-refractivity contribution in [1.29, 1.82) is 0 Å². The third-order valence-electron chi connectivity index (χ3n) is 0.861. The Bertz CT molecular complexity index is 175. The molecule has 0 aromatic rings. The van der Waals surface area contributed by atoms with Crippen LogP contribution < -0.4 is 5.32 Å². The highest BCUT2D eigenvalue weighted by molar-refractivity contribution is 7.78. The van der Waals surface area contributed by atoms with E-state index in [0.717, 1.165) is 0 Å². The van der Waals surface area contributed by atoms with Crippen LogP contribution in [-0.2, 0) is 4.74 Å². The largest absolute Gasteiger partial charge is 0.421 e. The number of aliphatic imine (C=N–C) groups is 1. The van der Waals surface area contributed by atoms with E-state index in [2.05, 4.69) is 32.4 Å². The first-order valence-electron chi connectivity index (χ1n) is 2.34. The fourth-order valence-corrected chi connectivity index (χ4v) is 0.626. The molecule has 1 heterocycles. The van der Waals surface area contributed by atoms with E-state index in [-0.39, 0.29) is 0 Å². The van der Waals surface area contributed by atoms with Crippen LogP contribution in [0.5, 0.6) is 0 Å². The van der Waals surface area contributed by atoms with Crippen LogP contribution in [0.15, 0.2) is 4.99 Å². The van der Waals surface area contributed by atoms with E-state index in [4.69, 9.17) is 0 Å². The fourth-order valence-electron chi connectivity index (χ4n) is 0.508. The summed E-state index contributed by atoms with van der Waals surface area (Å²) in [6.45, 7) is 0.391. The number of alkyl carbamates (subject to hydrolysis) is 1. The highest BCUT2D eigenvalue weighted by Crippen LogP contribution is 1.98. The number of thiocarbonyl (C=S) groups is 1. The van der Waals surface area contributed by atoms with Gasteiger partial charge in [-0.25, -0.2) is 4.79 Å². The smallest absolute Gasteiger partial charge is 0.409 e. The lowest BCUT2D eigenvalue weighted by Gasteiger charge is -1.93. The Hall–Kier alpha value is -0.930. The second kappa shape index (κ2) is 2.57. The quantitative estimate of drug-likeness (QED) is 0.421. The zero-order valence-electron chi connectivity index (χ0n) is 4.46. The number of carbonyl (C=O) groups excluding carboxylic acids is 1. The van der Waals surface area contributed by atoms with Crippen LogP contribution in [0.25, 0.3) is 0 Å². The van der Waals surface area contributed by atoms with Crippen LogP contribution >= 0.6 is 12.2 Å². The highest BCUT2D eigenvalue weighted by Gasteiger charge is 2.20. The summed E-state index contributed by atoms with van der Waals surface area (Å²) in [6.07, 6.45) is -0.913. The van der Waals surface area contributed by atoms with Crippen molar-refractivity contribution in [2.45, 2.75) is 6.23 Å².